The number of carbonyl (C=O) groups is 1. The lowest BCUT2D eigenvalue weighted by molar-refractivity contribution is -0.124. The number of hydrogen-bond donors (Lipinski definition) is 1. The zero-order valence-electron chi connectivity index (χ0n) is 14.2. The second-order valence-electron chi connectivity index (χ2n) is 5.54. The second kappa shape index (κ2) is 7.65. The average Bonchev–Trinajstić information content (AvgIpc) is 3.33. The van der Waals surface area contributed by atoms with Gasteiger partial charge in [-0.15, -0.1) is 0 Å². The lowest BCUT2D eigenvalue weighted by Crippen LogP contribution is -2.32. The molecule has 0 unspecified atom stereocenters. The average molecular weight is 340 g/mol. The molecule has 0 fully saturated rings. The maximum absolute atomic E-state index is 12.3. The van der Waals surface area contributed by atoms with E-state index in [2.05, 4.69) is 15.6 Å². The molecule has 1 N–H and O–H groups in total. The first-order valence-electron chi connectivity index (χ1n) is 8.08. The topological polar surface area (TPSA) is 82.2 Å². The highest BCUT2D eigenvalue weighted by Gasteiger charge is 2.18. The number of nitrogens with zero attached hydrogens (tertiary/aromatic N) is 3. The molecule has 0 aliphatic rings. The lowest BCUT2D eigenvalue weighted by Gasteiger charge is -2.14. The summed E-state index contributed by atoms with van der Waals surface area (Å²) in [6.07, 6.45) is 4.10. The normalized spacial score (nSPS) is 11.9. The van der Waals surface area contributed by atoms with Crippen LogP contribution < -0.4 is 10.1 Å². The summed E-state index contributed by atoms with van der Waals surface area (Å²) in [6, 6.07) is 10.8. The first-order chi connectivity index (χ1) is 12.2. The molecule has 25 heavy (non-hydrogen) atoms. The molecule has 1 aromatic carbocycles. The van der Waals surface area contributed by atoms with E-state index >= 15 is 0 Å². The number of benzene rings is 1. The number of aromatic nitrogens is 3. The Morgan fingerprint density at radius 1 is 1.36 bits per heavy atom. The molecule has 0 bridgehead atoms. The number of amides is 1. The Labute approximate surface area is 145 Å². The highest BCUT2D eigenvalue weighted by molar-refractivity contribution is 5.80. The summed E-state index contributed by atoms with van der Waals surface area (Å²) < 4.78 is 12.1. The maximum atomic E-state index is 12.3. The molecule has 7 heteroatoms. The fraction of sp³-hybridized carbons (Fsp3) is 0.278. The van der Waals surface area contributed by atoms with Gasteiger partial charge >= 0.3 is 0 Å². The van der Waals surface area contributed by atoms with E-state index in [1.807, 2.05) is 37.3 Å². The zero-order chi connectivity index (χ0) is 17.6. The number of ether oxygens (including phenoxy) is 1. The van der Waals surface area contributed by atoms with Crippen LogP contribution in [0, 0.1) is 0 Å². The van der Waals surface area contributed by atoms with Gasteiger partial charge in [-0.2, -0.15) is 5.10 Å². The molecule has 1 atom stereocenters. The molecule has 0 saturated carbocycles. The summed E-state index contributed by atoms with van der Waals surface area (Å²) in [7, 11) is 1.62. The van der Waals surface area contributed by atoms with Crippen LogP contribution in [0.3, 0.4) is 0 Å². The molecular weight excluding hydrogens is 320 g/mol. The largest absolute Gasteiger partial charge is 0.497 e. The molecule has 1 amide bonds. The van der Waals surface area contributed by atoms with Crippen LogP contribution in [0.4, 0.5) is 0 Å². The van der Waals surface area contributed by atoms with Crippen LogP contribution in [0.1, 0.15) is 25.1 Å². The summed E-state index contributed by atoms with van der Waals surface area (Å²) in [5.41, 5.74) is 1.56. The summed E-state index contributed by atoms with van der Waals surface area (Å²) in [6.45, 7) is 2.25. The first kappa shape index (κ1) is 16.8. The van der Waals surface area contributed by atoms with E-state index in [1.165, 1.54) is 0 Å². The molecule has 0 aliphatic carbocycles. The van der Waals surface area contributed by atoms with Crippen LogP contribution in [0.15, 0.2) is 53.3 Å². The van der Waals surface area contributed by atoms with Crippen molar-refractivity contribution in [3.05, 3.63) is 54.5 Å². The van der Waals surface area contributed by atoms with Crippen LogP contribution in [-0.2, 0) is 11.3 Å². The number of methoxy groups -OCH3 is 1. The molecular formula is C18H20N4O3. The molecule has 0 spiro atoms. The minimum atomic E-state index is -0.331. The smallest absolute Gasteiger partial charge is 0.245 e. The molecule has 2 heterocycles. The maximum Gasteiger partial charge on any atom is 0.245 e. The number of carbonyl (C=O) groups excluding carboxylic acids is 1. The Bertz CT molecular complexity index is 809. The predicted molar refractivity (Wildman–Crippen MR) is 91.9 cm³/mol. The Kier molecular flexibility index (Phi) is 5.13. The third-order valence-electron chi connectivity index (χ3n) is 3.91. The SMILES string of the molecule is CC[C@H](C(=O)NCc1cc(-c2ccc(OC)cc2)on1)n1cccn1. The minimum Gasteiger partial charge on any atom is -0.497 e. The Hall–Kier alpha value is -3.09. The predicted octanol–water partition coefficient (Wildman–Crippen LogP) is 2.81. The van der Waals surface area contributed by atoms with Crippen LogP contribution in [0.2, 0.25) is 0 Å². The molecule has 2 aromatic heterocycles. The monoisotopic (exact) mass is 340 g/mol. The van der Waals surface area contributed by atoms with Gasteiger partial charge in [-0.05, 0) is 36.8 Å². The fourth-order valence-electron chi connectivity index (χ4n) is 2.54. The molecule has 7 nitrogen and oxygen atoms in total. The van der Waals surface area contributed by atoms with Crippen molar-refractivity contribution in [3.63, 3.8) is 0 Å². The van der Waals surface area contributed by atoms with Crippen molar-refractivity contribution in [3.8, 4) is 17.1 Å². The van der Waals surface area contributed by atoms with Gasteiger partial charge in [0.15, 0.2) is 5.76 Å². The Balaban J connectivity index is 1.62. The van der Waals surface area contributed by atoms with Gasteiger partial charge in [-0.1, -0.05) is 12.1 Å². The van der Waals surface area contributed by atoms with Crippen molar-refractivity contribution in [2.75, 3.05) is 7.11 Å². The van der Waals surface area contributed by atoms with Crippen molar-refractivity contribution in [2.45, 2.75) is 25.9 Å². The van der Waals surface area contributed by atoms with Crippen molar-refractivity contribution in [1.29, 1.82) is 0 Å². The zero-order valence-corrected chi connectivity index (χ0v) is 14.2. The minimum absolute atomic E-state index is 0.0970. The van der Waals surface area contributed by atoms with Gasteiger partial charge in [0.1, 0.15) is 17.5 Å². The van der Waals surface area contributed by atoms with E-state index in [9.17, 15) is 4.79 Å². The summed E-state index contributed by atoms with van der Waals surface area (Å²) in [4.78, 5) is 12.3. The van der Waals surface area contributed by atoms with Gasteiger partial charge in [0, 0.05) is 24.0 Å². The van der Waals surface area contributed by atoms with Gasteiger partial charge < -0.3 is 14.6 Å². The molecule has 3 rings (SSSR count). The molecule has 0 saturated heterocycles. The molecule has 130 valence electrons. The molecule has 0 aliphatic heterocycles. The third kappa shape index (κ3) is 3.88. The number of hydrogen-bond acceptors (Lipinski definition) is 5. The highest BCUT2D eigenvalue weighted by atomic mass is 16.5. The summed E-state index contributed by atoms with van der Waals surface area (Å²) in [5, 5.41) is 11.0. The second-order valence-corrected chi connectivity index (χ2v) is 5.54. The lowest BCUT2D eigenvalue weighted by atomic mass is 10.1. The van der Waals surface area contributed by atoms with Crippen LogP contribution >= 0.6 is 0 Å². The van der Waals surface area contributed by atoms with Gasteiger partial charge in [-0.25, -0.2) is 0 Å². The van der Waals surface area contributed by atoms with Crippen LogP contribution in [0.25, 0.3) is 11.3 Å². The van der Waals surface area contributed by atoms with Gasteiger partial charge in [0.25, 0.3) is 0 Å². The van der Waals surface area contributed by atoms with Crippen molar-refractivity contribution in [2.24, 2.45) is 0 Å². The first-order valence-corrected chi connectivity index (χ1v) is 8.08. The van der Waals surface area contributed by atoms with E-state index in [0.717, 1.165) is 11.3 Å². The standard InChI is InChI=1S/C18H20N4O3/c1-3-16(22-10-4-9-20-22)18(23)19-12-14-11-17(25-21-14)13-5-7-15(24-2)8-6-13/h4-11,16H,3,12H2,1-2H3,(H,19,23)/t16-/m1/s1. The van der Waals surface area contributed by atoms with E-state index in [-0.39, 0.29) is 11.9 Å². The van der Waals surface area contributed by atoms with Crippen molar-refractivity contribution in [1.82, 2.24) is 20.3 Å². The van der Waals surface area contributed by atoms with Crippen LogP contribution in [-0.4, -0.2) is 28.0 Å². The highest BCUT2D eigenvalue weighted by Crippen LogP contribution is 2.23. The van der Waals surface area contributed by atoms with Crippen LogP contribution in [0.5, 0.6) is 5.75 Å². The quantitative estimate of drug-likeness (QED) is 0.715. The Morgan fingerprint density at radius 3 is 2.80 bits per heavy atom. The summed E-state index contributed by atoms with van der Waals surface area (Å²) >= 11 is 0. The van der Waals surface area contributed by atoms with E-state index in [0.29, 0.717) is 24.4 Å². The molecule has 0 radical (unpaired) electrons. The van der Waals surface area contributed by atoms with Gasteiger partial charge in [0.05, 0.1) is 13.7 Å². The Morgan fingerprint density at radius 2 is 2.16 bits per heavy atom. The van der Waals surface area contributed by atoms with Crippen molar-refractivity contribution < 1.29 is 14.1 Å². The van der Waals surface area contributed by atoms with Crippen molar-refractivity contribution >= 4 is 5.91 Å². The van der Waals surface area contributed by atoms with Gasteiger partial charge in [-0.3, -0.25) is 9.48 Å². The molecule has 3 aromatic rings. The third-order valence-corrected chi connectivity index (χ3v) is 3.91. The number of rotatable bonds is 7. The summed E-state index contributed by atoms with van der Waals surface area (Å²) in [5.74, 6) is 1.33. The van der Waals surface area contributed by atoms with E-state index in [1.54, 1.807) is 30.3 Å². The van der Waals surface area contributed by atoms with Gasteiger partial charge in [0.2, 0.25) is 5.91 Å². The number of nitrogens with one attached hydrogen (secondary N) is 1. The fourth-order valence-corrected chi connectivity index (χ4v) is 2.54. The van der Waals surface area contributed by atoms with E-state index < -0.39 is 0 Å². The van der Waals surface area contributed by atoms with E-state index in [4.69, 9.17) is 9.26 Å².